The van der Waals surface area contributed by atoms with Crippen LogP contribution in [0.2, 0.25) is 0 Å². The lowest BCUT2D eigenvalue weighted by Crippen LogP contribution is -2.25. The van der Waals surface area contributed by atoms with Crippen LogP contribution in [0.5, 0.6) is 5.75 Å². The molecule has 0 spiro atoms. The summed E-state index contributed by atoms with van der Waals surface area (Å²) in [6.07, 6.45) is 0.496. The average molecular weight is 425 g/mol. The number of benzene rings is 2. The number of hydrogen-bond acceptors (Lipinski definition) is 5. The van der Waals surface area contributed by atoms with Gasteiger partial charge in [0.1, 0.15) is 5.75 Å². The van der Waals surface area contributed by atoms with Gasteiger partial charge in [0.15, 0.2) is 11.0 Å². The lowest BCUT2D eigenvalue weighted by atomic mass is 10.1. The van der Waals surface area contributed by atoms with Crippen molar-refractivity contribution in [3.05, 3.63) is 65.5 Å². The molecule has 0 saturated heterocycles. The molecule has 6 nitrogen and oxygen atoms in total. The van der Waals surface area contributed by atoms with E-state index in [2.05, 4.69) is 40.6 Å². The normalized spacial score (nSPS) is 11.0. The summed E-state index contributed by atoms with van der Waals surface area (Å²) in [5, 5.41) is 12.5. The molecule has 1 heterocycles. The maximum absolute atomic E-state index is 12.1. The minimum absolute atomic E-state index is 0.0223. The molecule has 7 heteroatoms. The molecule has 0 saturated carbocycles. The van der Waals surface area contributed by atoms with E-state index < -0.39 is 0 Å². The fourth-order valence-corrected chi connectivity index (χ4v) is 3.91. The predicted molar refractivity (Wildman–Crippen MR) is 120 cm³/mol. The zero-order valence-electron chi connectivity index (χ0n) is 17.9. The fourth-order valence-electron chi connectivity index (χ4n) is 2.99. The van der Waals surface area contributed by atoms with Gasteiger partial charge in [-0.1, -0.05) is 55.4 Å². The first kappa shape index (κ1) is 21.9. The van der Waals surface area contributed by atoms with Gasteiger partial charge in [0.2, 0.25) is 5.91 Å². The molecule has 0 radical (unpaired) electrons. The molecule has 0 atom stereocenters. The zero-order valence-corrected chi connectivity index (χ0v) is 18.7. The summed E-state index contributed by atoms with van der Waals surface area (Å²) in [7, 11) is 1.67. The average Bonchev–Trinajstić information content (AvgIpc) is 3.14. The van der Waals surface area contributed by atoms with Gasteiger partial charge in [-0.3, -0.25) is 9.36 Å². The molecule has 0 bridgehead atoms. The molecule has 1 N–H and O–H groups in total. The maximum Gasteiger partial charge on any atom is 0.220 e. The Kier molecular flexibility index (Phi) is 7.52. The Labute approximate surface area is 182 Å². The van der Waals surface area contributed by atoms with Crippen molar-refractivity contribution in [1.82, 2.24) is 20.1 Å². The number of nitrogens with zero attached hydrogens (tertiary/aromatic N) is 3. The number of ether oxygens (including phenoxy) is 1. The first-order chi connectivity index (χ1) is 14.5. The summed E-state index contributed by atoms with van der Waals surface area (Å²) in [4.78, 5) is 12.1. The third-order valence-electron chi connectivity index (χ3n) is 4.53. The molecular formula is C23H28N4O2S. The number of aromatic nitrogens is 3. The van der Waals surface area contributed by atoms with Crippen LogP contribution in [-0.2, 0) is 17.1 Å². The number of carbonyl (C=O) groups excluding carboxylic acids is 1. The molecular weight excluding hydrogens is 396 g/mol. The van der Waals surface area contributed by atoms with Crippen LogP contribution in [0.15, 0.2) is 53.7 Å². The zero-order chi connectivity index (χ0) is 21.5. The van der Waals surface area contributed by atoms with Crippen molar-refractivity contribution in [3.8, 4) is 11.4 Å². The first-order valence-corrected chi connectivity index (χ1v) is 11.0. The van der Waals surface area contributed by atoms with E-state index in [0.717, 1.165) is 27.9 Å². The van der Waals surface area contributed by atoms with E-state index in [-0.39, 0.29) is 5.91 Å². The van der Waals surface area contributed by atoms with E-state index in [1.807, 2.05) is 48.7 Å². The van der Waals surface area contributed by atoms with Crippen molar-refractivity contribution in [2.24, 2.45) is 5.92 Å². The Morgan fingerprint density at radius 3 is 2.63 bits per heavy atom. The number of hydrogen-bond donors (Lipinski definition) is 1. The first-order valence-electron chi connectivity index (χ1n) is 10.00. The molecule has 3 rings (SSSR count). The van der Waals surface area contributed by atoms with Gasteiger partial charge < -0.3 is 10.1 Å². The standard InChI is InChI=1S/C23H28N4O2S/c1-16(2)12-22(28)24-14-21-25-26-23(27(21)19-10-8-17(3)9-11-19)30-15-18-6-5-7-20(13-18)29-4/h5-11,13,16H,12,14-15H2,1-4H3,(H,24,28). The molecule has 0 aliphatic rings. The predicted octanol–water partition coefficient (Wildman–Crippen LogP) is 4.54. The number of rotatable bonds is 9. The molecule has 3 aromatic rings. The van der Waals surface area contributed by atoms with Gasteiger partial charge in [-0.05, 0) is 42.7 Å². The van der Waals surface area contributed by atoms with Crippen molar-refractivity contribution >= 4 is 17.7 Å². The summed E-state index contributed by atoms with van der Waals surface area (Å²) < 4.78 is 7.33. The number of aryl methyl sites for hydroxylation is 1. The molecule has 2 aromatic carbocycles. The molecule has 1 aromatic heterocycles. The van der Waals surface area contributed by atoms with Gasteiger partial charge in [-0.15, -0.1) is 10.2 Å². The highest BCUT2D eigenvalue weighted by molar-refractivity contribution is 7.98. The summed E-state index contributed by atoms with van der Waals surface area (Å²) >= 11 is 1.61. The van der Waals surface area contributed by atoms with Gasteiger partial charge in [0.05, 0.1) is 13.7 Å². The second kappa shape index (κ2) is 10.3. The molecule has 0 aliphatic carbocycles. The minimum Gasteiger partial charge on any atom is -0.497 e. The van der Waals surface area contributed by atoms with E-state index >= 15 is 0 Å². The lowest BCUT2D eigenvalue weighted by molar-refractivity contribution is -0.122. The maximum atomic E-state index is 12.1. The van der Waals surface area contributed by atoms with E-state index in [4.69, 9.17) is 4.74 Å². The number of carbonyl (C=O) groups is 1. The minimum atomic E-state index is 0.0223. The quantitative estimate of drug-likeness (QED) is 0.511. The van der Waals surface area contributed by atoms with Crippen LogP contribution in [0.4, 0.5) is 0 Å². The van der Waals surface area contributed by atoms with Crippen LogP contribution in [0, 0.1) is 12.8 Å². The molecule has 0 unspecified atom stereocenters. The third kappa shape index (κ3) is 5.86. The van der Waals surface area contributed by atoms with Gasteiger partial charge in [-0.2, -0.15) is 0 Å². The molecule has 0 aliphatic heterocycles. The molecule has 0 fully saturated rings. The van der Waals surface area contributed by atoms with Gasteiger partial charge in [-0.25, -0.2) is 0 Å². The van der Waals surface area contributed by atoms with Crippen LogP contribution in [0.3, 0.4) is 0 Å². The van der Waals surface area contributed by atoms with Gasteiger partial charge >= 0.3 is 0 Å². The van der Waals surface area contributed by atoms with Crippen LogP contribution >= 0.6 is 11.8 Å². The molecule has 30 heavy (non-hydrogen) atoms. The highest BCUT2D eigenvalue weighted by Crippen LogP contribution is 2.26. The van der Waals surface area contributed by atoms with Crippen molar-refractivity contribution in [2.75, 3.05) is 7.11 Å². The molecule has 158 valence electrons. The van der Waals surface area contributed by atoms with E-state index in [9.17, 15) is 4.79 Å². The van der Waals surface area contributed by atoms with Crippen LogP contribution in [0.25, 0.3) is 5.69 Å². The highest BCUT2D eigenvalue weighted by atomic mass is 32.2. The largest absolute Gasteiger partial charge is 0.497 e. The molecule has 1 amide bonds. The topological polar surface area (TPSA) is 69.0 Å². The van der Waals surface area contributed by atoms with Crippen molar-refractivity contribution in [1.29, 1.82) is 0 Å². The second-order valence-corrected chi connectivity index (χ2v) is 8.53. The number of thioether (sulfide) groups is 1. The van der Waals surface area contributed by atoms with Gasteiger partial charge in [0.25, 0.3) is 0 Å². The van der Waals surface area contributed by atoms with E-state index in [1.54, 1.807) is 18.9 Å². The SMILES string of the molecule is COc1cccc(CSc2nnc(CNC(=O)CC(C)C)n2-c2ccc(C)cc2)c1. The van der Waals surface area contributed by atoms with Crippen molar-refractivity contribution < 1.29 is 9.53 Å². The van der Waals surface area contributed by atoms with Crippen molar-refractivity contribution in [3.63, 3.8) is 0 Å². The van der Waals surface area contributed by atoms with Crippen LogP contribution in [0.1, 0.15) is 37.2 Å². The Bertz CT molecular complexity index is 983. The Morgan fingerprint density at radius 1 is 1.17 bits per heavy atom. The second-order valence-electron chi connectivity index (χ2n) is 7.58. The lowest BCUT2D eigenvalue weighted by Gasteiger charge is -2.12. The van der Waals surface area contributed by atoms with Gasteiger partial charge in [0, 0.05) is 17.9 Å². The smallest absolute Gasteiger partial charge is 0.220 e. The number of methoxy groups -OCH3 is 1. The Balaban J connectivity index is 1.82. The number of nitrogens with one attached hydrogen (secondary N) is 1. The summed E-state index contributed by atoms with van der Waals surface area (Å²) in [6.45, 7) is 6.46. The summed E-state index contributed by atoms with van der Waals surface area (Å²) in [5.74, 6) is 2.62. The fraction of sp³-hybridized carbons (Fsp3) is 0.348. The number of amides is 1. The highest BCUT2D eigenvalue weighted by Gasteiger charge is 2.16. The van der Waals surface area contributed by atoms with Crippen LogP contribution < -0.4 is 10.1 Å². The third-order valence-corrected chi connectivity index (χ3v) is 5.53. The van der Waals surface area contributed by atoms with Crippen LogP contribution in [-0.4, -0.2) is 27.8 Å². The monoisotopic (exact) mass is 424 g/mol. The van der Waals surface area contributed by atoms with E-state index in [0.29, 0.717) is 24.7 Å². The Morgan fingerprint density at radius 2 is 1.93 bits per heavy atom. The Hall–Kier alpha value is -2.80. The van der Waals surface area contributed by atoms with E-state index in [1.165, 1.54) is 5.56 Å². The summed E-state index contributed by atoms with van der Waals surface area (Å²) in [6, 6.07) is 16.2. The van der Waals surface area contributed by atoms with Crippen molar-refractivity contribution in [2.45, 2.75) is 44.6 Å². The summed E-state index contributed by atoms with van der Waals surface area (Å²) in [5.41, 5.74) is 3.31.